The van der Waals surface area contributed by atoms with Crippen LogP contribution in [0, 0.1) is 5.92 Å². The van der Waals surface area contributed by atoms with Gasteiger partial charge < -0.3 is 20.1 Å². The summed E-state index contributed by atoms with van der Waals surface area (Å²) >= 11 is 0. The molecule has 156 valence electrons. The van der Waals surface area contributed by atoms with Crippen molar-refractivity contribution in [1.82, 2.24) is 10.6 Å². The van der Waals surface area contributed by atoms with E-state index in [0.29, 0.717) is 35.1 Å². The summed E-state index contributed by atoms with van der Waals surface area (Å²) in [5.41, 5.74) is 0.878. The molecule has 0 fully saturated rings. The number of nitrogens with one attached hydrogen (secondary N) is 2. The number of carbonyl (C=O) groups is 4. The number of hydrogen-bond acceptors (Lipinski definition) is 6. The lowest BCUT2D eigenvalue weighted by Crippen LogP contribution is -2.41. The fraction of sp³-hybridized carbons (Fsp3) is 0.273. The Morgan fingerprint density at radius 2 is 1.70 bits per heavy atom. The van der Waals surface area contributed by atoms with E-state index in [0.717, 1.165) is 0 Å². The molecule has 0 radical (unpaired) electrons. The number of ether oxygens (including phenoxy) is 2. The molecule has 0 saturated carbocycles. The van der Waals surface area contributed by atoms with E-state index >= 15 is 0 Å². The van der Waals surface area contributed by atoms with E-state index in [1.54, 1.807) is 32.0 Å². The van der Waals surface area contributed by atoms with Crippen molar-refractivity contribution < 1.29 is 28.7 Å². The molecule has 0 aliphatic carbocycles. The predicted octanol–water partition coefficient (Wildman–Crippen LogP) is 1.67. The Morgan fingerprint density at radius 3 is 2.30 bits per heavy atom. The first-order valence-corrected chi connectivity index (χ1v) is 9.39. The molecule has 2 heterocycles. The van der Waals surface area contributed by atoms with Gasteiger partial charge in [-0.1, -0.05) is 6.07 Å². The molecule has 2 aliphatic heterocycles. The van der Waals surface area contributed by atoms with Crippen LogP contribution in [0.1, 0.15) is 26.3 Å². The van der Waals surface area contributed by atoms with E-state index in [2.05, 4.69) is 10.6 Å². The second kappa shape index (κ2) is 8.36. The molecule has 1 aromatic carbocycles. The number of methoxy groups -OCH3 is 1. The second-order valence-electron chi connectivity index (χ2n) is 6.89. The van der Waals surface area contributed by atoms with Crippen LogP contribution in [0.25, 0.3) is 5.57 Å². The highest BCUT2D eigenvalue weighted by Crippen LogP contribution is 2.37. The van der Waals surface area contributed by atoms with Gasteiger partial charge in [-0.3, -0.25) is 19.2 Å². The Kier molecular flexibility index (Phi) is 5.86. The second-order valence-corrected chi connectivity index (χ2v) is 6.89. The molecule has 0 spiro atoms. The Labute approximate surface area is 173 Å². The summed E-state index contributed by atoms with van der Waals surface area (Å²) in [5.74, 6) is -2.93. The zero-order valence-corrected chi connectivity index (χ0v) is 17.1. The summed E-state index contributed by atoms with van der Waals surface area (Å²) in [5, 5.41) is 5.18. The van der Waals surface area contributed by atoms with Gasteiger partial charge in [0.1, 0.15) is 5.92 Å². The number of rotatable bonds is 5. The van der Waals surface area contributed by atoms with Gasteiger partial charge in [-0.2, -0.15) is 0 Å². The summed E-state index contributed by atoms with van der Waals surface area (Å²) in [6.45, 7) is 5.39. The molecular weight excluding hydrogens is 388 g/mol. The lowest BCUT2D eigenvalue weighted by Gasteiger charge is -2.26. The summed E-state index contributed by atoms with van der Waals surface area (Å²) in [7, 11) is 1.45. The van der Waals surface area contributed by atoms with Crippen molar-refractivity contribution >= 4 is 29.0 Å². The number of benzene rings is 1. The lowest BCUT2D eigenvalue weighted by atomic mass is 9.81. The lowest BCUT2D eigenvalue weighted by molar-refractivity contribution is -0.129. The average molecular weight is 410 g/mol. The zero-order chi connectivity index (χ0) is 22.0. The normalized spacial score (nSPS) is 20.7. The molecule has 0 aromatic heterocycles. The summed E-state index contributed by atoms with van der Waals surface area (Å²) in [6.07, 6.45) is 2.54. The Hall–Kier alpha value is -3.68. The zero-order valence-electron chi connectivity index (χ0n) is 17.1. The molecule has 30 heavy (non-hydrogen) atoms. The number of amides is 2. The van der Waals surface area contributed by atoms with E-state index in [4.69, 9.17) is 9.47 Å². The van der Waals surface area contributed by atoms with Crippen molar-refractivity contribution in [2.45, 2.75) is 20.8 Å². The van der Waals surface area contributed by atoms with Gasteiger partial charge in [0.15, 0.2) is 23.1 Å². The average Bonchev–Trinajstić information content (AvgIpc) is 2.66. The van der Waals surface area contributed by atoms with Crippen molar-refractivity contribution in [3.8, 4) is 11.5 Å². The van der Waals surface area contributed by atoms with Gasteiger partial charge >= 0.3 is 0 Å². The molecular formula is C22H22N2O6. The maximum Gasteiger partial charge on any atom is 0.259 e. The number of ketones is 2. The minimum atomic E-state index is -1.35. The van der Waals surface area contributed by atoms with Gasteiger partial charge in [-0.15, -0.1) is 0 Å². The standard InChI is InChI=1S/C22H22N2O6/c1-5-30-16-7-6-13(10-17(16)29-4)18(19-14(25)8-11(2)23-21(19)27)20-15(26)9-12(3)24-22(20)28/h6-10,19H,5H2,1-4H3,(H,23,27)(H,24,28)/b20-18+. The number of hydrogen-bond donors (Lipinski definition) is 2. The number of carbonyl (C=O) groups excluding carboxylic acids is 4. The van der Waals surface area contributed by atoms with E-state index in [1.807, 2.05) is 6.92 Å². The van der Waals surface area contributed by atoms with Crippen LogP contribution in [0.15, 0.2) is 47.3 Å². The van der Waals surface area contributed by atoms with Crippen LogP contribution < -0.4 is 20.1 Å². The Bertz CT molecular complexity index is 1050. The quantitative estimate of drug-likeness (QED) is 0.434. The molecule has 0 bridgehead atoms. The fourth-order valence-corrected chi connectivity index (χ4v) is 3.48. The summed E-state index contributed by atoms with van der Waals surface area (Å²) in [4.78, 5) is 51.0. The smallest absolute Gasteiger partial charge is 0.259 e. The monoisotopic (exact) mass is 410 g/mol. The van der Waals surface area contributed by atoms with Crippen molar-refractivity contribution in [2.75, 3.05) is 13.7 Å². The van der Waals surface area contributed by atoms with Crippen LogP contribution in [0.2, 0.25) is 0 Å². The van der Waals surface area contributed by atoms with E-state index in [-0.39, 0.29) is 11.1 Å². The molecule has 3 rings (SSSR count). The van der Waals surface area contributed by atoms with Crippen LogP contribution in [-0.2, 0) is 19.2 Å². The van der Waals surface area contributed by atoms with Gasteiger partial charge in [-0.25, -0.2) is 0 Å². The topological polar surface area (TPSA) is 111 Å². The SMILES string of the molecule is CCOc1ccc(/C(=C2/C(=O)C=C(C)NC2=O)C2C(=O)C=C(C)NC2=O)cc1OC. The molecule has 1 unspecified atom stereocenters. The Morgan fingerprint density at radius 1 is 1.00 bits per heavy atom. The van der Waals surface area contributed by atoms with E-state index in [9.17, 15) is 19.2 Å². The first kappa shape index (κ1) is 21.0. The van der Waals surface area contributed by atoms with Crippen molar-refractivity contribution in [1.29, 1.82) is 0 Å². The molecule has 0 saturated heterocycles. The third-order valence-electron chi connectivity index (χ3n) is 4.69. The highest BCUT2D eigenvalue weighted by molar-refractivity contribution is 6.33. The minimum Gasteiger partial charge on any atom is -0.493 e. The summed E-state index contributed by atoms with van der Waals surface area (Å²) < 4.78 is 10.9. The predicted molar refractivity (Wildman–Crippen MR) is 108 cm³/mol. The minimum absolute atomic E-state index is 0.0221. The molecule has 1 atom stereocenters. The highest BCUT2D eigenvalue weighted by Gasteiger charge is 2.39. The summed E-state index contributed by atoms with van der Waals surface area (Å²) in [6, 6.07) is 4.74. The molecule has 8 nitrogen and oxygen atoms in total. The Balaban J connectivity index is 2.28. The third-order valence-corrected chi connectivity index (χ3v) is 4.69. The van der Waals surface area contributed by atoms with Gasteiger partial charge in [0, 0.05) is 23.5 Å². The van der Waals surface area contributed by atoms with Crippen molar-refractivity contribution in [3.63, 3.8) is 0 Å². The molecule has 1 aromatic rings. The highest BCUT2D eigenvalue weighted by atomic mass is 16.5. The van der Waals surface area contributed by atoms with Crippen molar-refractivity contribution in [2.24, 2.45) is 5.92 Å². The fourth-order valence-electron chi connectivity index (χ4n) is 3.48. The van der Waals surface area contributed by atoms with E-state index in [1.165, 1.54) is 19.3 Å². The van der Waals surface area contributed by atoms with Gasteiger partial charge in [0.25, 0.3) is 5.91 Å². The van der Waals surface area contributed by atoms with Gasteiger partial charge in [0.05, 0.1) is 19.3 Å². The largest absolute Gasteiger partial charge is 0.493 e. The molecule has 2 N–H and O–H groups in total. The molecule has 2 aliphatic rings. The van der Waals surface area contributed by atoms with Crippen LogP contribution in [-0.4, -0.2) is 37.1 Å². The van der Waals surface area contributed by atoms with Gasteiger partial charge in [-0.05, 0) is 44.0 Å². The van der Waals surface area contributed by atoms with E-state index < -0.39 is 29.3 Å². The first-order chi connectivity index (χ1) is 14.3. The molecule has 2 amide bonds. The third kappa shape index (κ3) is 3.89. The van der Waals surface area contributed by atoms with Crippen LogP contribution in [0.3, 0.4) is 0 Å². The first-order valence-electron chi connectivity index (χ1n) is 9.39. The number of allylic oxidation sites excluding steroid dienone is 4. The molecule has 8 heteroatoms. The van der Waals surface area contributed by atoms with Crippen LogP contribution >= 0.6 is 0 Å². The van der Waals surface area contributed by atoms with Crippen LogP contribution in [0.5, 0.6) is 11.5 Å². The maximum atomic E-state index is 12.8. The van der Waals surface area contributed by atoms with Crippen LogP contribution in [0.4, 0.5) is 0 Å². The maximum absolute atomic E-state index is 12.8. The van der Waals surface area contributed by atoms with Gasteiger partial charge in [0.2, 0.25) is 5.91 Å². The van der Waals surface area contributed by atoms with Crippen molar-refractivity contribution in [3.05, 3.63) is 52.9 Å².